The Hall–Kier alpha value is -0.370. The van der Waals surface area contributed by atoms with Crippen molar-refractivity contribution in [2.24, 2.45) is 0 Å². The largest absolute Gasteiger partial charge is 0.337 e. The molecule has 0 aliphatic heterocycles. The fraction of sp³-hybridized carbons (Fsp3) is 0.200. The molecule has 0 spiro atoms. The van der Waals surface area contributed by atoms with E-state index in [2.05, 4.69) is 11.3 Å². The van der Waals surface area contributed by atoms with Gasteiger partial charge in [-0.05, 0) is 6.08 Å². The van der Waals surface area contributed by atoms with Crippen LogP contribution in [-0.2, 0) is 0 Å². The Kier molecular flexibility index (Phi) is 5.33. The van der Waals surface area contributed by atoms with Gasteiger partial charge in [-0.3, -0.25) is 0 Å². The van der Waals surface area contributed by atoms with Gasteiger partial charge in [0.15, 0.2) is 0 Å². The van der Waals surface area contributed by atoms with Crippen LogP contribution in [-0.4, -0.2) is 6.26 Å². The Balaban J connectivity index is 2.92. The van der Waals surface area contributed by atoms with Gasteiger partial charge >= 0.3 is 0 Å². The van der Waals surface area contributed by atoms with Gasteiger partial charge < -0.3 is 4.72 Å². The minimum atomic E-state index is 1.56. The van der Waals surface area contributed by atoms with Crippen molar-refractivity contribution in [3.63, 3.8) is 0 Å². The van der Waals surface area contributed by atoms with Crippen LogP contribution in [0.2, 0.25) is 0 Å². The molecule has 1 N–H and O–H groups in total. The Morgan fingerprint density at radius 3 is 2.86 bits per heavy atom. The second-order valence-corrected chi connectivity index (χ2v) is 1.56. The van der Waals surface area contributed by atoms with Gasteiger partial charge in [-0.25, -0.2) is 0 Å². The highest BCUT2D eigenvalue weighted by Crippen LogP contribution is 1.79. The minimum absolute atomic E-state index is 1.56. The van der Waals surface area contributed by atoms with Crippen LogP contribution in [0.5, 0.6) is 0 Å². The normalized spacial score (nSPS) is 9.29. The van der Waals surface area contributed by atoms with E-state index in [1.165, 1.54) is 0 Å². The molecule has 0 radical (unpaired) electrons. The van der Waals surface area contributed by atoms with Gasteiger partial charge in [-0.15, -0.1) is 0 Å². The Bertz CT molecular complexity index is 68.5. The van der Waals surface area contributed by atoms with Crippen molar-refractivity contribution in [2.45, 2.75) is 0 Å². The third-order valence-corrected chi connectivity index (χ3v) is 0.790. The summed E-state index contributed by atoms with van der Waals surface area (Å²) in [7, 11) is 0. The van der Waals surface area contributed by atoms with E-state index in [-0.39, 0.29) is 0 Å². The van der Waals surface area contributed by atoms with Crippen LogP contribution in [0, 0.1) is 0 Å². The molecule has 0 aromatic heterocycles. The summed E-state index contributed by atoms with van der Waals surface area (Å²) in [5.41, 5.74) is 0. The van der Waals surface area contributed by atoms with Crippen LogP contribution >= 0.6 is 11.9 Å². The first-order valence-corrected chi connectivity index (χ1v) is 3.20. The second kappa shape index (κ2) is 5.63. The standard InChI is InChI=1S/C5H9NS/c1-3-4-5-6-7-2/h3-6H,1H2,2H3/b5-4-. The van der Waals surface area contributed by atoms with Crippen molar-refractivity contribution in [3.05, 3.63) is 24.9 Å². The average Bonchev–Trinajstić information content (AvgIpc) is 1.69. The fourth-order valence-corrected chi connectivity index (χ4v) is 0.390. The molecule has 0 saturated carbocycles. The molecule has 0 unspecified atom stereocenters. The lowest BCUT2D eigenvalue weighted by Gasteiger charge is -1.85. The Morgan fingerprint density at radius 1 is 1.71 bits per heavy atom. The molecule has 0 fully saturated rings. The summed E-state index contributed by atoms with van der Waals surface area (Å²) in [5, 5.41) is 0. The summed E-state index contributed by atoms with van der Waals surface area (Å²) in [6.45, 7) is 3.50. The van der Waals surface area contributed by atoms with E-state index in [4.69, 9.17) is 0 Å². The monoisotopic (exact) mass is 115 g/mol. The summed E-state index contributed by atoms with van der Waals surface area (Å²) in [5.74, 6) is 0. The SMILES string of the molecule is C=C/C=C\NSC. The zero-order valence-corrected chi connectivity index (χ0v) is 5.16. The molecule has 0 bridgehead atoms. The van der Waals surface area contributed by atoms with E-state index < -0.39 is 0 Å². The fourth-order valence-electron chi connectivity index (χ4n) is 0.175. The van der Waals surface area contributed by atoms with Gasteiger partial charge in [0.25, 0.3) is 0 Å². The highest BCUT2D eigenvalue weighted by molar-refractivity contribution is 7.96. The molecule has 0 aromatic carbocycles. The molecule has 0 rings (SSSR count). The van der Waals surface area contributed by atoms with E-state index >= 15 is 0 Å². The maximum atomic E-state index is 3.50. The maximum Gasteiger partial charge on any atom is 0.00719 e. The first-order chi connectivity index (χ1) is 3.41. The van der Waals surface area contributed by atoms with Crippen molar-refractivity contribution in [2.75, 3.05) is 6.26 Å². The van der Waals surface area contributed by atoms with Gasteiger partial charge in [0.2, 0.25) is 0 Å². The van der Waals surface area contributed by atoms with Crippen molar-refractivity contribution >= 4 is 11.9 Å². The first-order valence-electron chi connectivity index (χ1n) is 1.98. The van der Waals surface area contributed by atoms with E-state index in [9.17, 15) is 0 Å². The van der Waals surface area contributed by atoms with E-state index in [1.807, 2.05) is 18.5 Å². The van der Waals surface area contributed by atoms with Crippen LogP contribution in [0.1, 0.15) is 0 Å². The molecule has 0 aliphatic rings. The summed E-state index contributed by atoms with van der Waals surface area (Å²) in [4.78, 5) is 0. The van der Waals surface area contributed by atoms with Gasteiger partial charge in [-0.1, -0.05) is 24.6 Å². The van der Waals surface area contributed by atoms with Crippen LogP contribution in [0.3, 0.4) is 0 Å². The number of hydrogen-bond acceptors (Lipinski definition) is 2. The first kappa shape index (κ1) is 6.63. The molecule has 0 aromatic rings. The molecule has 2 heteroatoms. The van der Waals surface area contributed by atoms with Crippen molar-refractivity contribution in [3.8, 4) is 0 Å². The number of rotatable bonds is 3. The molecule has 0 amide bonds. The molecule has 1 nitrogen and oxygen atoms in total. The Labute approximate surface area is 48.6 Å². The quantitative estimate of drug-likeness (QED) is 0.442. The van der Waals surface area contributed by atoms with E-state index in [0.717, 1.165) is 0 Å². The topological polar surface area (TPSA) is 12.0 Å². The maximum absolute atomic E-state index is 3.50. The predicted molar refractivity (Wildman–Crippen MR) is 36.0 cm³/mol. The minimum Gasteiger partial charge on any atom is -0.337 e. The van der Waals surface area contributed by atoms with Crippen LogP contribution in [0.25, 0.3) is 0 Å². The van der Waals surface area contributed by atoms with E-state index in [1.54, 1.807) is 18.0 Å². The average molecular weight is 115 g/mol. The summed E-state index contributed by atoms with van der Waals surface area (Å²) < 4.78 is 2.91. The zero-order chi connectivity index (χ0) is 5.54. The smallest absolute Gasteiger partial charge is 0.00719 e. The third-order valence-electron chi connectivity index (χ3n) is 0.418. The molecular weight excluding hydrogens is 106 g/mol. The third kappa shape index (κ3) is 5.63. The molecule has 0 saturated heterocycles. The van der Waals surface area contributed by atoms with Crippen LogP contribution in [0.15, 0.2) is 24.9 Å². The number of nitrogens with one attached hydrogen (secondary N) is 1. The summed E-state index contributed by atoms with van der Waals surface area (Å²) in [6.07, 6.45) is 7.37. The van der Waals surface area contributed by atoms with E-state index in [0.29, 0.717) is 0 Å². The summed E-state index contributed by atoms with van der Waals surface area (Å²) in [6, 6.07) is 0. The number of allylic oxidation sites excluding steroid dienone is 2. The second-order valence-electron chi connectivity index (χ2n) is 0.917. The lowest BCUT2D eigenvalue weighted by molar-refractivity contribution is 1.42. The highest BCUT2D eigenvalue weighted by atomic mass is 32.2. The van der Waals surface area contributed by atoms with Crippen LogP contribution < -0.4 is 4.72 Å². The van der Waals surface area contributed by atoms with Crippen molar-refractivity contribution in [1.82, 2.24) is 4.72 Å². The molecule has 0 heterocycles. The number of hydrogen-bond donors (Lipinski definition) is 1. The van der Waals surface area contributed by atoms with Gasteiger partial charge in [0.1, 0.15) is 0 Å². The molecule has 40 valence electrons. The van der Waals surface area contributed by atoms with Gasteiger partial charge in [0.05, 0.1) is 0 Å². The lowest BCUT2D eigenvalue weighted by atomic mass is 10.6. The van der Waals surface area contributed by atoms with Gasteiger partial charge in [-0.2, -0.15) is 0 Å². The Morgan fingerprint density at radius 2 is 2.43 bits per heavy atom. The van der Waals surface area contributed by atoms with Crippen molar-refractivity contribution in [1.29, 1.82) is 0 Å². The zero-order valence-electron chi connectivity index (χ0n) is 4.35. The lowest BCUT2D eigenvalue weighted by Crippen LogP contribution is -1.85. The molecule has 0 aliphatic carbocycles. The summed E-state index contributed by atoms with van der Waals surface area (Å²) >= 11 is 1.56. The van der Waals surface area contributed by atoms with Crippen LogP contribution in [0.4, 0.5) is 0 Å². The molecular formula is C5H9NS. The molecule has 7 heavy (non-hydrogen) atoms. The van der Waals surface area contributed by atoms with Crippen molar-refractivity contribution < 1.29 is 0 Å². The predicted octanol–water partition coefficient (Wildman–Crippen LogP) is 1.55. The molecule has 0 atom stereocenters. The van der Waals surface area contributed by atoms with Gasteiger partial charge in [0, 0.05) is 12.5 Å². The highest BCUT2D eigenvalue weighted by Gasteiger charge is 1.60.